The Labute approximate surface area is 136 Å². The fraction of sp³-hybridized carbons (Fsp3) is 0.938. The van der Waals surface area contributed by atoms with Crippen LogP contribution in [0, 0.1) is 5.92 Å². The maximum atomic E-state index is 12.1. The van der Waals surface area contributed by atoms with Crippen LogP contribution < -0.4 is 10.6 Å². The Morgan fingerprint density at radius 2 is 1.77 bits per heavy atom. The van der Waals surface area contributed by atoms with Gasteiger partial charge in [0.2, 0.25) is 0 Å². The number of nitrogens with one attached hydrogen (secondary N) is 2. The number of hydrogen-bond acceptors (Lipinski definition) is 3. The summed E-state index contributed by atoms with van der Waals surface area (Å²) < 4.78 is 11.9. The van der Waals surface area contributed by atoms with Crippen molar-refractivity contribution in [2.24, 2.45) is 5.92 Å². The van der Waals surface area contributed by atoms with E-state index in [1.54, 1.807) is 0 Å². The van der Waals surface area contributed by atoms with Gasteiger partial charge in [-0.15, -0.1) is 0 Å². The number of urea groups is 1. The van der Waals surface area contributed by atoms with Crippen molar-refractivity contribution in [1.29, 1.82) is 0 Å². The average Bonchev–Trinajstić information content (AvgIpc) is 2.55. The van der Waals surface area contributed by atoms with Crippen molar-refractivity contribution in [2.45, 2.75) is 75.6 Å². The molecule has 0 heterocycles. The van der Waals surface area contributed by atoms with E-state index in [-0.39, 0.29) is 30.0 Å². The summed E-state index contributed by atoms with van der Waals surface area (Å²) in [4.78, 5) is 12.1. The van der Waals surface area contributed by atoms with Crippen LogP contribution in [0.4, 0.5) is 4.79 Å². The molecule has 0 aliphatic heterocycles. The fourth-order valence-electron chi connectivity index (χ4n) is 3.65. The normalized spacial score (nSPS) is 33.9. The van der Waals surface area contributed by atoms with Gasteiger partial charge in [-0.2, -0.15) is 0 Å². The summed E-state index contributed by atoms with van der Waals surface area (Å²) in [7, 11) is -0.756. The van der Waals surface area contributed by atoms with E-state index in [1.165, 1.54) is 0 Å². The molecule has 2 amide bonds. The van der Waals surface area contributed by atoms with Crippen molar-refractivity contribution in [2.75, 3.05) is 12.4 Å². The summed E-state index contributed by atoms with van der Waals surface area (Å²) in [6, 6.07) is 0.301. The quantitative estimate of drug-likeness (QED) is 0.720. The van der Waals surface area contributed by atoms with Gasteiger partial charge >= 0.3 is 6.03 Å². The number of carbonyl (C=O) groups is 1. The summed E-state index contributed by atoms with van der Waals surface area (Å²) >= 11 is 0. The van der Waals surface area contributed by atoms with E-state index in [0.29, 0.717) is 11.7 Å². The van der Waals surface area contributed by atoms with Gasteiger partial charge in [0.25, 0.3) is 0 Å². The lowest BCUT2D eigenvalue weighted by Gasteiger charge is -2.31. The minimum absolute atomic E-state index is 0.0830. The lowest BCUT2D eigenvalue weighted by atomic mass is 9.86. The Bertz CT molecular complexity index is 384. The third-order valence-corrected chi connectivity index (χ3v) is 6.80. The topological polar surface area (TPSA) is 78.4 Å². The first-order valence-electron chi connectivity index (χ1n) is 8.67. The lowest BCUT2D eigenvalue weighted by molar-refractivity contribution is 0.173. The van der Waals surface area contributed by atoms with E-state index < -0.39 is 10.8 Å². The minimum atomic E-state index is -0.756. The van der Waals surface area contributed by atoms with Gasteiger partial charge in [-0.05, 0) is 50.9 Å². The van der Waals surface area contributed by atoms with E-state index in [9.17, 15) is 9.00 Å². The van der Waals surface area contributed by atoms with Gasteiger partial charge in [0.15, 0.2) is 0 Å². The van der Waals surface area contributed by atoms with Crippen LogP contribution in [0.3, 0.4) is 0 Å². The van der Waals surface area contributed by atoms with Crippen LogP contribution in [-0.2, 0) is 10.8 Å². The molecule has 22 heavy (non-hydrogen) atoms. The van der Waals surface area contributed by atoms with E-state index >= 15 is 0 Å². The van der Waals surface area contributed by atoms with E-state index in [1.807, 2.05) is 6.92 Å². The predicted molar refractivity (Wildman–Crippen MR) is 89.2 cm³/mol. The van der Waals surface area contributed by atoms with Gasteiger partial charge in [0, 0.05) is 40.5 Å². The molecule has 3 N–H and O–H groups in total. The summed E-state index contributed by atoms with van der Waals surface area (Å²) in [6.07, 6.45) is 7.77. The van der Waals surface area contributed by atoms with Gasteiger partial charge in [0.1, 0.15) is 0 Å². The van der Waals surface area contributed by atoms with Crippen LogP contribution in [-0.4, -0.2) is 45.0 Å². The van der Waals surface area contributed by atoms with Crippen LogP contribution in [0.5, 0.6) is 0 Å². The Kier molecular flexibility index (Phi) is 7.15. The average molecular weight is 330 g/mol. The first kappa shape index (κ1) is 17.7. The molecule has 2 aliphatic rings. The standard InChI is InChI=1S/C16H30N2O3S/c1-2-22(21)15-5-3-4-14(10-15)18-16(20)17-13-8-6-12(11-19)7-9-13/h12-15,19H,2-11H2,1H3,(H2,17,18,20). The Morgan fingerprint density at radius 3 is 2.41 bits per heavy atom. The third-order valence-electron chi connectivity index (χ3n) is 5.06. The maximum absolute atomic E-state index is 12.1. The van der Waals surface area contributed by atoms with Crippen molar-refractivity contribution >= 4 is 16.8 Å². The molecule has 5 nitrogen and oxygen atoms in total. The molecule has 3 atom stereocenters. The third kappa shape index (κ3) is 5.23. The highest BCUT2D eigenvalue weighted by Gasteiger charge is 2.27. The van der Waals surface area contributed by atoms with Gasteiger partial charge in [-0.3, -0.25) is 4.21 Å². The van der Waals surface area contributed by atoms with E-state index in [0.717, 1.165) is 51.4 Å². The molecule has 0 spiro atoms. The first-order valence-corrected chi connectivity index (χ1v) is 10.1. The number of aliphatic hydroxyl groups excluding tert-OH is 1. The Balaban J connectivity index is 1.71. The SMILES string of the molecule is CCS(=O)C1CCCC(NC(=O)NC2CCC(CO)CC2)C1. The molecule has 3 unspecified atom stereocenters. The highest BCUT2D eigenvalue weighted by Crippen LogP contribution is 2.24. The molecule has 0 saturated heterocycles. The van der Waals surface area contributed by atoms with Crippen molar-refractivity contribution in [3.63, 3.8) is 0 Å². The molecule has 0 aromatic heterocycles. The lowest BCUT2D eigenvalue weighted by Crippen LogP contribution is -2.49. The second-order valence-electron chi connectivity index (χ2n) is 6.67. The smallest absolute Gasteiger partial charge is 0.315 e. The molecule has 2 rings (SSSR count). The maximum Gasteiger partial charge on any atom is 0.315 e. The summed E-state index contributed by atoms with van der Waals surface area (Å²) in [5.74, 6) is 1.11. The van der Waals surface area contributed by atoms with Crippen LogP contribution in [0.15, 0.2) is 0 Å². The van der Waals surface area contributed by atoms with E-state index in [4.69, 9.17) is 5.11 Å². The van der Waals surface area contributed by atoms with Gasteiger partial charge in [-0.25, -0.2) is 4.79 Å². The Hall–Kier alpha value is -0.620. The molecule has 128 valence electrons. The van der Waals surface area contributed by atoms with Crippen LogP contribution >= 0.6 is 0 Å². The van der Waals surface area contributed by atoms with Crippen molar-refractivity contribution < 1.29 is 14.1 Å². The largest absolute Gasteiger partial charge is 0.396 e. The van der Waals surface area contributed by atoms with Crippen LogP contribution in [0.25, 0.3) is 0 Å². The molecule has 2 saturated carbocycles. The monoisotopic (exact) mass is 330 g/mol. The fourth-order valence-corrected chi connectivity index (χ4v) is 5.00. The number of carbonyl (C=O) groups excluding carboxylic acids is 1. The number of hydrogen-bond donors (Lipinski definition) is 3. The van der Waals surface area contributed by atoms with Crippen LogP contribution in [0.1, 0.15) is 58.3 Å². The Morgan fingerprint density at radius 1 is 1.09 bits per heavy atom. The zero-order valence-corrected chi connectivity index (χ0v) is 14.4. The zero-order valence-electron chi connectivity index (χ0n) is 13.6. The molecule has 0 radical (unpaired) electrons. The summed E-state index contributed by atoms with van der Waals surface area (Å²) in [6.45, 7) is 2.22. The van der Waals surface area contributed by atoms with Crippen molar-refractivity contribution in [3.05, 3.63) is 0 Å². The van der Waals surface area contributed by atoms with Gasteiger partial charge in [0.05, 0.1) is 0 Å². The number of aliphatic hydroxyl groups is 1. The first-order chi connectivity index (χ1) is 10.6. The highest BCUT2D eigenvalue weighted by atomic mass is 32.2. The zero-order chi connectivity index (χ0) is 15.9. The molecule has 6 heteroatoms. The van der Waals surface area contributed by atoms with E-state index in [2.05, 4.69) is 10.6 Å². The molecular formula is C16H30N2O3S. The summed E-state index contributed by atoms with van der Waals surface area (Å²) in [5, 5.41) is 15.5. The molecule has 2 fully saturated rings. The minimum Gasteiger partial charge on any atom is -0.396 e. The van der Waals surface area contributed by atoms with Crippen molar-refractivity contribution in [3.8, 4) is 0 Å². The number of amides is 2. The molecule has 0 aromatic carbocycles. The summed E-state index contributed by atoms with van der Waals surface area (Å²) in [5.41, 5.74) is 0. The number of rotatable bonds is 5. The van der Waals surface area contributed by atoms with Crippen LogP contribution in [0.2, 0.25) is 0 Å². The predicted octanol–water partition coefficient (Wildman–Crippen LogP) is 1.92. The second-order valence-corrected chi connectivity index (χ2v) is 8.68. The highest BCUT2D eigenvalue weighted by molar-refractivity contribution is 7.85. The molecule has 2 aliphatic carbocycles. The van der Waals surface area contributed by atoms with Gasteiger partial charge in [-0.1, -0.05) is 13.3 Å². The van der Waals surface area contributed by atoms with Crippen molar-refractivity contribution in [1.82, 2.24) is 10.6 Å². The molecule has 0 aromatic rings. The molecule has 0 bridgehead atoms. The van der Waals surface area contributed by atoms with Gasteiger partial charge < -0.3 is 15.7 Å². The second kappa shape index (κ2) is 8.87. The molecular weight excluding hydrogens is 300 g/mol.